The van der Waals surface area contributed by atoms with E-state index in [2.05, 4.69) is 10.5 Å². The molecule has 10 nitrogen and oxygen atoms in total. The number of rotatable bonds is 6. The summed E-state index contributed by atoms with van der Waals surface area (Å²) in [5.74, 6) is -1.62. The summed E-state index contributed by atoms with van der Waals surface area (Å²) in [5.41, 5.74) is 1.32. The van der Waals surface area contributed by atoms with Crippen molar-refractivity contribution in [2.24, 2.45) is 5.10 Å². The highest BCUT2D eigenvalue weighted by Gasteiger charge is 2.27. The summed E-state index contributed by atoms with van der Waals surface area (Å²) in [5, 5.41) is 26.5. The Balaban J connectivity index is 1.77. The van der Waals surface area contributed by atoms with Crippen LogP contribution in [0.25, 0.3) is 0 Å². The van der Waals surface area contributed by atoms with Crippen LogP contribution >= 0.6 is 11.6 Å². The Kier molecular flexibility index (Phi) is 6.34. The predicted molar refractivity (Wildman–Crippen MR) is 107 cm³/mol. The average Bonchev–Trinajstić information content (AvgIpc) is 3.26. The minimum absolute atomic E-state index is 0.00617. The number of amides is 1. The van der Waals surface area contributed by atoms with Gasteiger partial charge >= 0.3 is 0 Å². The fraction of sp³-hybridized carbons (Fsp3) is 0.222. The van der Waals surface area contributed by atoms with Crippen molar-refractivity contribution < 1.29 is 23.2 Å². The summed E-state index contributed by atoms with van der Waals surface area (Å²) >= 11 is 5.76. The standard InChI is InChI=1S/C18H17ClN4O6S/c19-14-8-13(17(24)16(10-14)23(26)27)11-20-21-18(25)12-4-3-5-15(9-12)30(28,29)22-6-1-2-7-22/h3-5,8-11,24H,1-2,6-7H2,(H,21,25)/p-1/b20-11-. The quantitative estimate of drug-likeness (QED) is 0.403. The van der Waals surface area contributed by atoms with Crippen LogP contribution in [0.4, 0.5) is 5.69 Å². The number of hydrogen-bond acceptors (Lipinski definition) is 7. The van der Waals surface area contributed by atoms with Gasteiger partial charge in [-0.1, -0.05) is 17.7 Å². The number of sulfonamides is 1. The lowest BCUT2D eigenvalue weighted by atomic mass is 10.2. The van der Waals surface area contributed by atoms with Gasteiger partial charge in [-0.05, 0) is 48.4 Å². The van der Waals surface area contributed by atoms with E-state index >= 15 is 0 Å². The topological polar surface area (TPSA) is 145 Å². The van der Waals surface area contributed by atoms with Gasteiger partial charge in [0.2, 0.25) is 10.0 Å². The predicted octanol–water partition coefficient (Wildman–Crippen LogP) is 1.87. The second kappa shape index (κ2) is 8.78. The van der Waals surface area contributed by atoms with Gasteiger partial charge in [-0.3, -0.25) is 14.9 Å². The third-order valence-electron chi connectivity index (χ3n) is 4.43. The number of nitro benzene ring substituents is 1. The van der Waals surface area contributed by atoms with Crippen LogP contribution in [-0.4, -0.2) is 42.9 Å². The molecule has 2 aromatic carbocycles. The molecule has 0 aliphatic carbocycles. The number of carbonyl (C=O) groups is 1. The Bertz CT molecular complexity index is 1130. The molecule has 1 N–H and O–H groups in total. The van der Waals surface area contributed by atoms with Gasteiger partial charge < -0.3 is 5.11 Å². The molecule has 1 fully saturated rings. The summed E-state index contributed by atoms with van der Waals surface area (Å²) in [6.45, 7) is 0.874. The zero-order chi connectivity index (χ0) is 21.9. The summed E-state index contributed by atoms with van der Waals surface area (Å²) < 4.78 is 26.6. The maximum absolute atomic E-state index is 12.6. The van der Waals surface area contributed by atoms with Crippen molar-refractivity contribution in [3.63, 3.8) is 0 Å². The van der Waals surface area contributed by atoms with Crippen molar-refractivity contribution in [2.45, 2.75) is 17.7 Å². The molecule has 0 aromatic heterocycles. The smallest absolute Gasteiger partial charge is 0.271 e. The first-order valence-corrected chi connectivity index (χ1v) is 10.6. The molecule has 0 atom stereocenters. The first-order valence-electron chi connectivity index (χ1n) is 8.79. The van der Waals surface area contributed by atoms with Gasteiger partial charge in [0.25, 0.3) is 11.6 Å². The molecule has 12 heteroatoms. The van der Waals surface area contributed by atoms with E-state index in [0.717, 1.165) is 25.1 Å². The van der Waals surface area contributed by atoms with Gasteiger partial charge in [-0.25, -0.2) is 13.8 Å². The van der Waals surface area contributed by atoms with E-state index in [4.69, 9.17) is 11.6 Å². The molecule has 0 saturated carbocycles. The first-order chi connectivity index (χ1) is 14.2. The molecule has 1 saturated heterocycles. The number of halogens is 1. The molecule has 1 aliphatic rings. The molecule has 1 amide bonds. The Labute approximate surface area is 177 Å². The van der Waals surface area contributed by atoms with E-state index < -0.39 is 32.3 Å². The van der Waals surface area contributed by atoms with E-state index in [0.29, 0.717) is 13.1 Å². The molecule has 1 aliphatic heterocycles. The molecule has 3 rings (SSSR count). The molecule has 158 valence electrons. The summed E-state index contributed by atoms with van der Waals surface area (Å²) in [4.78, 5) is 22.3. The number of hydrazone groups is 1. The fourth-order valence-corrected chi connectivity index (χ4v) is 4.72. The highest BCUT2D eigenvalue weighted by Crippen LogP contribution is 2.30. The number of nitro groups is 1. The molecular formula is C18H16ClN4O6S-. The van der Waals surface area contributed by atoms with Crippen LogP contribution in [0.2, 0.25) is 5.02 Å². The van der Waals surface area contributed by atoms with E-state index in [9.17, 15) is 28.4 Å². The lowest BCUT2D eigenvalue weighted by Gasteiger charge is -2.15. The second-order valence-electron chi connectivity index (χ2n) is 6.44. The first kappa shape index (κ1) is 21.7. The zero-order valence-electron chi connectivity index (χ0n) is 15.4. The largest absolute Gasteiger partial charge is 0.867 e. The molecule has 30 heavy (non-hydrogen) atoms. The summed E-state index contributed by atoms with van der Waals surface area (Å²) in [6, 6.07) is 7.60. The minimum Gasteiger partial charge on any atom is -0.867 e. The van der Waals surface area contributed by atoms with Crippen LogP contribution < -0.4 is 10.5 Å². The molecule has 0 radical (unpaired) electrons. The normalized spacial score (nSPS) is 14.8. The van der Waals surface area contributed by atoms with E-state index in [1.165, 1.54) is 34.6 Å². The van der Waals surface area contributed by atoms with Crippen LogP contribution in [0.15, 0.2) is 46.4 Å². The lowest BCUT2D eigenvalue weighted by molar-refractivity contribution is -0.398. The van der Waals surface area contributed by atoms with E-state index in [-0.39, 0.29) is 21.0 Å². The van der Waals surface area contributed by atoms with Crippen molar-refractivity contribution in [3.8, 4) is 5.75 Å². The van der Waals surface area contributed by atoms with Gasteiger partial charge in [-0.15, -0.1) is 0 Å². The molecule has 2 aromatic rings. The Hall–Kier alpha value is -3.02. The van der Waals surface area contributed by atoms with Gasteiger partial charge in [0.05, 0.1) is 16.0 Å². The third-order valence-corrected chi connectivity index (χ3v) is 6.54. The number of nitrogens with zero attached hydrogens (tertiary/aromatic N) is 3. The number of nitrogens with one attached hydrogen (secondary N) is 1. The molecule has 0 spiro atoms. The van der Waals surface area contributed by atoms with E-state index in [1.54, 1.807) is 0 Å². The minimum atomic E-state index is -3.69. The average molecular weight is 452 g/mol. The van der Waals surface area contributed by atoms with Gasteiger partial charge in [0, 0.05) is 29.7 Å². The van der Waals surface area contributed by atoms with Gasteiger partial charge in [-0.2, -0.15) is 9.41 Å². The maximum atomic E-state index is 12.6. The molecular weight excluding hydrogens is 436 g/mol. The zero-order valence-corrected chi connectivity index (χ0v) is 17.0. The van der Waals surface area contributed by atoms with Crippen molar-refractivity contribution in [3.05, 3.63) is 62.7 Å². The van der Waals surface area contributed by atoms with Crippen molar-refractivity contribution in [1.82, 2.24) is 9.73 Å². The van der Waals surface area contributed by atoms with Crippen LogP contribution in [0.3, 0.4) is 0 Å². The monoisotopic (exact) mass is 451 g/mol. The maximum Gasteiger partial charge on any atom is 0.271 e. The summed E-state index contributed by atoms with van der Waals surface area (Å²) in [7, 11) is -3.69. The van der Waals surface area contributed by atoms with Gasteiger partial charge in [0.1, 0.15) is 0 Å². The molecule has 0 bridgehead atoms. The van der Waals surface area contributed by atoms with Crippen molar-refractivity contribution in [2.75, 3.05) is 13.1 Å². The van der Waals surface area contributed by atoms with Crippen LogP contribution in [0.1, 0.15) is 28.8 Å². The lowest BCUT2D eigenvalue weighted by Crippen LogP contribution is -2.28. The molecule has 1 heterocycles. The van der Waals surface area contributed by atoms with Crippen LogP contribution in [0.5, 0.6) is 5.75 Å². The van der Waals surface area contributed by atoms with E-state index in [1.807, 2.05) is 0 Å². The van der Waals surface area contributed by atoms with Gasteiger partial charge in [0.15, 0.2) is 0 Å². The highest BCUT2D eigenvalue weighted by molar-refractivity contribution is 7.89. The Morgan fingerprint density at radius 1 is 1.23 bits per heavy atom. The number of benzene rings is 2. The van der Waals surface area contributed by atoms with Crippen LogP contribution in [-0.2, 0) is 10.0 Å². The van der Waals surface area contributed by atoms with Crippen molar-refractivity contribution >= 4 is 39.4 Å². The van der Waals surface area contributed by atoms with Crippen LogP contribution in [0, 0.1) is 10.1 Å². The number of carbonyl (C=O) groups excluding carboxylic acids is 1. The number of hydrogen-bond donors (Lipinski definition) is 1. The highest BCUT2D eigenvalue weighted by atomic mass is 35.5. The third kappa shape index (κ3) is 4.58. The van der Waals surface area contributed by atoms with Crippen molar-refractivity contribution in [1.29, 1.82) is 0 Å². The molecule has 0 unspecified atom stereocenters. The fourth-order valence-electron chi connectivity index (χ4n) is 2.93. The Morgan fingerprint density at radius 2 is 1.93 bits per heavy atom. The second-order valence-corrected chi connectivity index (χ2v) is 8.81. The SMILES string of the molecule is O=C(N/N=C\c1cc(Cl)cc([N+](=O)[O-])c1[O-])c1cccc(S(=O)(=O)N2CCCC2)c1. The summed E-state index contributed by atoms with van der Waals surface area (Å²) in [6.07, 6.45) is 2.51. The Morgan fingerprint density at radius 3 is 2.60 bits per heavy atom.